The van der Waals surface area contributed by atoms with Crippen molar-refractivity contribution in [3.8, 4) is 17.9 Å². The SMILES string of the molecule is N#CC(C#N)=C1Sc2c(I)cc(O)c(I)c2S1. The lowest BCUT2D eigenvalue weighted by Crippen LogP contribution is -1.83. The van der Waals surface area contributed by atoms with Crippen molar-refractivity contribution in [2.24, 2.45) is 0 Å². The number of phenols is 1. The van der Waals surface area contributed by atoms with Crippen molar-refractivity contribution in [2.75, 3.05) is 0 Å². The van der Waals surface area contributed by atoms with E-state index in [1.165, 1.54) is 23.5 Å². The summed E-state index contributed by atoms with van der Waals surface area (Å²) < 4.78 is 2.38. The molecule has 0 fully saturated rings. The zero-order valence-electron chi connectivity index (χ0n) is 7.99. The van der Waals surface area contributed by atoms with Crippen LogP contribution >= 0.6 is 68.7 Å². The van der Waals surface area contributed by atoms with E-state index >= 15 is 0 Å². The standard InChI is InChI=1S/C10H2I2N2OS2/c11-5-1-6(15)7(12)9-8(5)16-10(17-9)4(2-13)3-14/h1,15H. The van der Waals surface area contributed by atoms with Crippen molar-refractivity contribution >= 4 is 68.7 Å². The van der Waals surface area contributed by atoms with Gasteiger partial charge in [-0.25, -0.2) is 0 Å². The molecule has 0 spiro atoms. The van der Waals surface area contributed by atoms with Crippen molar-refractivity contribution < 1.29 is 5.11 Å². The molecular weight excluding hydrogens is 482 g/mol. The van der Waals surface area contributed by atoms with Gasteiger partial charge in [-0.15, -0.1) is 0 Å². The Balaban J connectivity index is 2.60. The van der Waals surface area contributed by atoms with Gasteiger partial charge in [0.15, 0.2) is 0 Å². The van der Waals surface area contributed by atoms with E-state index in [2.05, 4.69) is 45.2 Å². The van der Waals surface area contributed by atoms with Gasteiger partial charge in [0.25, 0.3) is 0 Å². The molecular formula is C10H2I2N2OS2. The highest BCUT2D eigenvalue weighted by Crippen LogP contribution is 2.56. The van der Waals surface area contributed by atoms with Crippen LogP contribution in [0.5, 0.6) is 5.75 Å². The first-order valence-corrected chi connectivity index (χ1v) is 7.98. The van der Waals surface area contributed by atoms with Crippen molar-refractivity contribution in [3.63, 3.8) is 0 Å². The molecule has 1 aromatic rings. The summed E-state index contributed by atoms with van der Waals surface area (Å²) in [4.78, 5) is 1.94. The van der Waals surface area contributed by atoms with E-state index in [1.807, 2.05) is 12.1 Å². The Morgan fingerprint density at radius 3 is 2.35 bits per heavy atom. The molecule has 1 aliphatic rings. The molecule has 0 bridgehead atoms. The molecule has 0 saturated heterocycles. The number of nitrogens with zero attached hydrogens (tertiary/aromatic N) is 2. The van der Waals surface area contributed by atoms with Crippen LogP contribution in [0.3, 0.4) is 0 Å². The van der Waals surface area contributed by atoms with Gasteiger partial charge in [0.05, 0.1) is 7.81 Å². The fourth-order valence-electron chi connectivity index (χ4n) is 1.18. The van der Waals surface area contributed by atoms with Crippen LogP contribution in [0.2, 0.25) is 0 Å². The molecule has 0 aliphatic carbocycles. The molecule has 0 atom stereocenters. The molecule has 0 aromatic heterocycles. The number of allylic oxidation sites excluding steroid dienone is 1. The highest BCUT2D eigenvalue weighted by Gasteiger charge is 2.27. The second-order valence-corrected chi connectivity index (χ2v) is 7.48. The molecule has 1 aromatic carbocycles. The topological polar surface area (TPSA) is 67.8 Å². The van der Waals surface area contributed by atoms with Gasteiger partial charge in [-0.05, 0) is 51.2 Å². The molecule has 0 saturated carbocycles. The van der Waals surface area contributed by atoms with Crippen molar-refractivity contribution in [2.45, 2.75) is 9.79 Å². The summed E-state index contributed by atoms with van der Waals surface area (Å²) in [7, 11) is 0. The summed E-state index contributed by atoms with van der Waals surface area (Å²) in [6, 6.07) is 5.47. The Hall–Kier alpha value is -0.1000. The zero-order valence-corrected chi connectivity index (χ0v) is 13.9. The Bertz CT molecular complexity index is 613. The number of rotatable bonds is 0. The molecule has 1 aliphatic heterocycles. The monoisotopic (exact) mass is 484 g/mol. The second-order valence-electron chi connectivity index (χ2n) is 2.94. The predicted octanol–water partition coefficient (Wildman–Crippen LogP) is 4.06. The first kappa shape index (κ1) is 13.3. The van der Waals surface area contributed by atoms with Crippen molar-refractivity contribution in [1.82, 2.24) is 0 Å². The van der Waals surface area contributed by atoms with E-state index in [-0.39, 0.29) is 11.3 Å². The van der Waals surface area contributed by atoms with Crippen LogP contribution in [0, 0.1) is 29.8 Å². The minimum Gasteiger partial charge on any atom is -0.507 e. The molecule has 1 heterocycles. The average Bonchev–Trinajstić information content (AvgIpc) is 2.73. The van der Waals surface area contributed by atoms with Gasteiger partial charge in [0, 0.05) is 13.4 Å². The van der Waals surface area contributed by atoms with E-state index in [9.17, 15) is 5.11 Å². The lowest BCUT2D eigenvalue weighted by Gasteiger charge is -2.04. The van der Waals surface area contributed by atoms with Crippen LogP contribution in [0.15, 0.2) is 25.7 Å². The number of fused-ring (bicyclic) bond motifs is 1. The predicted molar refractivity (Wildman–Crippen MR) is 83.5 cm³/mol. The maximum Gasteiger partial charge on any atom is 0.150 e. The summed E-state index contributed by atoms with van der Waals surface area (Å²) in [5.41, 5.74) is 0.127. The van der Waals surface area contributed by atoms with E-state index in [4.69, 9.17) is 10.5 Å². The number of thioether (sulfide) groups is 2. The molecule has 2 rings (SSSR count). The van der Waals surface area contributed by atoms with E-state index < -0.39 is 0 Å². The molecule has 0 unspecified atom stereocenters. The quantitative estimate of drug-likeness (QED) is 0.445. The fraction of sp³-hybridized carbons (Fsp3) is 0. The van der Waals surface area contributed by atoms with Gasteiger partial charge in [0.1, 0.15) is 23.5 Å². The number of nitriles is 2. The van der Waals surface area contributed by atoms with Gasteiger partial charge >= 0.3 is 0 Å². The van der Waals surface area contributed by atoms with E-state index in [0.717, 1.165) is 16.9 Å². The van der Waals surface area contributed by atoms with Gasteiger partial charge in [-0.1, -0.05) is 23.5 Å². The van der Waals surface area contributed by atoms with E-state index in [0.29, 0.717) is 4.24 Å². The van der Waals surface area contributed by atoms with Gasteiger partial charge in [0.2, 0.25) is 0 Å². The minimum atomic E-state index is 0.127. The summed E-state index contributed by atoms with van der Waals surface area (Å²) in [6.45, 7) is 0. The molecule has 1 N–H and O–H groups in total. The molecule has 84 valence electrons. The van der Waals surface area contributed by atoms with Crippen LogP contribution in [0.25, 0.3) is 0 Å². The second kappa shape index (κ2) is 5.26. The fourth-order valence-corrected chi connectivity index (χ4v) is 5.62. The Morgan fingerprint density at radius 1 is 1.18 bits per heavy atom. The first-order chi connectivity index (χ1) is 8.08. The number of halogens is 2. The summed E-state index contributed by atoms with van der Waals surface area (Å²) >= 11 is 7.00. The lowest BCUT2D eigenvalue weighted by atomic mass is 10.3. The average molecular weight is 484 g/mol. The molecule has 7 heteroatoms. The van der Waals surface area contributed by atoms with Crippen LogP contribution in [0.4, 0.5) is 0 Å². The summed E-state index contributed by atoms with van der Waals surface area (Å²) in [5, 5.41) is 27.4. The number of hydrogen-bond acceptors (Lipinski definition) is 5. The third kappa shape index (κ3) is 2.38. The summed E-state index contributed by atoms with van der Waals surface area (Å²) in [5.74, 6) is 0.235. The Labute approximate surface area is 134 Å². The number of hydrogen-bond donors (Lipinski definition) is 1. The van der Waals surface area contributed by atoms with E-state index in [1.54, 1.807) is 6.07 Å². The van der Waals surface area contributed by atoms with Gasteiger partial charge < -0.3 is 5.11 Å². The number of aromatic hydroxyl groups is 1. The zero-order chi connectivity index (χ0) is 12.6. The highest BCUT2D eigenvalue weighted by atomic mass is 127. The molecule has 0 amide bonds. The highest BCUT2D eigenvalue weighted by molar-refractivity contribution is 14.1. The largest absolute Gasteiger partial charge is 0.507 e. The van der Waals surface area contributed by atoms with Crippen LogP contribution in [-0.2, 0) is 0 Å². The molecule has 0 radical (unpaired) electrons. The molecule has 3 nitrogen and oxygen atoms in total. The van der Waals surface area contributed by atoms with Crippen molar-refractivity contribution in [1.29, 1.82) is 10.5 Å². The van der Waals surface area contributed by atoms with Gasteiger partial charge in [-0.2, -0.15) is 10.5 Å². The Kier molecular flexibility index (Phi) is 4.13. The number of benzene rings is 1. The van der Waals surface area contributed by atoms with Crippen LogP contribution < -0.4 is 0 Å². The van der Waals surface area contributed by atoms with Crippen LogP contribution in [0.1, 0.15) is 0 Å². The maximum atomic E-state index is 9.72. The number of phenolic OH excluding ortho intramolecular Hbond substituents is 1. The minimum absolute atomic E-state index is 0.127. The van der Waals surface area contributed by atoms with Gasteiger partial charge in [-0.3, -0.25) is 0 Å². The normalized spacial score (nSPS) is 12.8. The lowest BCUT2D eigenvalue weighted by molar-refractivity contribution is 0.468. The Morgan fingerprint density at radius 2 is 1.76 bits per heavy atom. The first-order valence-electron chi connectivity index (χ1n) is 4.19. The van der Waals surface area contributed by atoms with Crippen molar-refractivity contribution in [3.05, 3.63) is 23.0 Å². The van der Waals surface area contributed by atoms with Crippen LogP contribution in [-0.4, -0.2) is 5.11 Å². The maximum absolute atomic E-state index is 9.72. The molecule has 17 heavy (non-hydrogen) atoms. The third-order valence-corrected chi connectivity index (χ3v) is 7.25. The summed E-state index contributed by atoms with van der Waals surface area (Å²) in [6.07, 6.45) is 0. The smallest absolute Gasteiger partial charge is 0.150 e. The third-order valence-electron chi connectivity index (χ3n) is 1.93.